The van der Waals surface area contributed by atoms with E-state index in [-0.39, 0.29) is 5.91 Å². The Balaban J connectivity index is 1.49. The van der Waals surface area contributed by atoms with E-state index >= 15 is 0 Å². The van der Waals surface area contributed by atoms with Crippen molar-refractivity contribution in [3.05, 3.63) is 29.8 Å². The minimum atomic E-state index is 0.222. The first-order valence-corrected chi connectivity index (χ1v) is 9.98. The molecule has 0 atom stereocenters. The summed E-state index contributed by atoms with van der Waals surface area (Å²) in [5.74, 6) is 1.06. The molecule has 1 aromatic rings. The van der Waals surface area contributed by atoms with Gasteiger partial charge in [-0.2, -0.15) is 0 Å². The van der Waals surface area contributed by atoms with Crippen LogP contribution in [0.3, 0.4) is 0 Å². The summed E-state index contributed by atoms with van der Waals surface area (Å²) in [6, 6.07) is 8.16. The zero-order valence-electron chi connectivity index (χ0n) is 16.2. The fourth-order valence-corrected chi connectivity index (χ4v) is 3.37. The lowest BCUT2D eigenvalue weighted by atomic mass is 10.2. The third-order valence-corrected chi connectivity index (χ3v) is 4.91. The van der Waals surface area contributed by atoms with Crippen molar-refractivity contribution in [2.75, 3.05) is 57.4 Å². The SMILES string of the molecule is CCNC(=NCc1ccc(N2CCCC2=O)cc1)NCCN1CCOCC1. The van der Waals surface area contributed by atoms with Gasteiger partial charge in [0.2, 0.25) is 5.91 Å². The van der Waals surface area contributed by atoms with Crippen LogP contribution in [0.1, 0.15) is 25.3 Å². The molecule has 2 aliphatic heterocycles. The van der Waals surface area contributed by atoms with Crippen LogP contribution in [0.25, 0.3) is 0 Å². The molecule has 2 fully saturated rings. The van der Waals surface area contributed by atoms with Gasteiger partial charge in [0, 0.05) is 51.4 Å². The van der Waals surface area contributed by atoms with Gasteiger partial charge in [0.1, 0.15) is 0 Å². The highest BCUT2D eigenvalue weighted by Crippen LogP contribution is 2.21. The monoisotopic (exact) mass is 373 g/mol. The van der Waals surface area contributed by atoms with Gasteiger partial charge in [-0.25, -0.2) is 4.99 Å². The minimum absolute atomic E-state index is 0.222. The molecule has 3 rings (SSSR count). The molecule has 148 valence electrons. The van der Waals surface area contributed by atoms with E-state index in [0.29, 0.717) is 13.0 Å². The predicted octanol–water partition coefficient (Wildman–Crippen LogP) is 1.20. The Morgan fingerprint density at radius 3 is 2.59 bits per heavy atom. The highest BCUT2D eigenvalue weighted by atomic mass is 16.5. The molecule has 0 bridgehead atoms. The number of nitrogens with zero attached hydrogens (tertiary/aromatic N) is 3. The first-order chi connectivity index (χ1) is 13.3. The van der Waals surface area contributed by atoms with Gasteiger partial charge in [0.25, 0.3) is 0 Å². The van der Waals surface area contributed by atoms with Crippen LogP contribution < -0.4 is 15.5 Å². The average Bonchev–Trinajstić information content (AvgIpc) is 3.13. The van der Waals surface area contributed by atoms with Gasteiger partial charge in [-0.15, -0.1) is 0 Å². The molecule has 0 aromatic heterocycles. The van der Waals surface area contributed by atoms with Crippen LogP contribution in [-0.2, 0) is 16.1 Å². The summed E-state index contributed by atoms with van der Waals surface area (Å²) < 4.78 is 5.38. The number of guanidine groups is 1. The van der Waals surface area contributed by atoms with Gasteiger partial charge in [-0.3, -0.25) is 9.69 Å². The number of carbonyl (C=O) groups is 1. The summed E-state index contributed by atoms with van der Waals surface area (Å²) in [4.78, 5) is 20.8. The van der Waals surface area contributed by atoms with E-state index in [1.54, 1.807) is 0 Å². The molecule has 0 unspecified atom stereocenters. The van der Waals surface area contributed by atoms with Gasteiger partial charge in [-0.1, -0.05) is 12.1 Å². The average molecular weight is 374 g/mol. The van der Waals surface area contributed by atoms with Crippen LogP contribution in [0, 0.1) is 0 Å². The quantitative estimate of drug-likeness (QED) is 0.555. The van der Waals surface area contributed by atoms with Gasteiger partial charge in [-0.05, 0) is 31.0 Å². The smallest absolute Gasteiger partial charge is 0.227 e. The third kappa shape index (κ3) is 5.94. The number of ether oxygens (including phenoxy) is 1. The van der Waals surface area contributed by atoms with Crippen LogP contribution >= 0.6 is 0 Å². The zero-order valence-corrected chi connectivity index (χ0v) is 16.2. The second-order valence-electron chi connectivity index (χ2n) is 6.89. The number of hydrogen-bond donors (Lipinski definition) is 2. The second-order valence-corrected chi connectivity index (χ2v) is 6.89. The summed E-state index contributed by atoms with van der Waals surface area (Å²) in [5.41, 5.74) is 2.12. The fourth-order valence-electron chi connectivity index (χ4n) is 3.37. The van der Waals surface area contributed by atoms with Crippen LogP contribution in [0.5, 0.6) is 0 Å². The Morgan fingerprint density at radius 2 is 1.93 bits per heavy atom. The first-order valence-electron chi connectivity index (χ1n) is 9.98. The molecular weight excluding hydrogens is 342 g/mol. The van der Waals surface area contributed by atoms with Gasteiger partial charge in [0.15, 0.2) is 5.96 Å². The van der Waals surface area contributed by atoms with E-state index in [2.05, 4.69) is 39.6 Å². The second kappa shape index (κ2) is 10.3. The van der Waals surface area contributed by atoms with Crippen molar-refractivity contribution < 1.29 is 9.53 Å². The maximum absolute atomic E-state index is 11.8. The van der Waals surface area contributed by atoms with Gasteiger partial charge in [0.05, 0.1) is 19.8 Å². The standard InChI is InChI=1S/C20H31N5O2/c1-2-21-20(22-9-11-24-12-14-27-15-13-24)23-16-17-5-7-18(8-6-17)25-10-3-4-19(25)26/h5-8H,2-4,9-16H2,1H3,(H2,21,22,23). The van der Waals surface area contributed by atoms with Crippen molar-refractivity contribution in [2.45, 2.75) is 26.3 Å². The number of aliphatic imine (C=N–C) groups is 1. The number of benzene rings is 1. The number of morpholine rings is 1. The van der Waals surface area contributed by atoms with Crippen molar-refractivity contribution in [3.8, 4) is 0 Å². The molecule has 0 spiro atoms. The third-order valence-electron chi connectivity index (χ3n) is 4.91. The molecule has 2 saturated heterocycles. The lowest BCUT2D eigenvalue weighted by Gasteiger charge is -2.26. The molecule has 0 saturated carbocycles. The van der Waals surface area contributed by atoms with Gasteiger partial charge < -0.3 is 20.3 Å². The van der Waals surface area contributed by atoms with Crippen molar-refractivity contribution >= 4 is 17.6 Å². The van der Waals surface area contributed by atoms with E-state index in [0.717, 1.165) is 76.1 Å². The molecule has 7 nitrogen and oxygen atoms in total. The van der Waals surface area contributed by atoms with Crippen LogP contribution in [-0.4, -0.2) is 69.2 Å². The largest absolute Gasteiger partial charge is 0.379 e. The van der Waals surface area contributed by atoms with E-state index in [9.17, 15) is 4.79 Å². The number of carbonyl (C=O) groups excluding carboxylic acids is 1. The number of hydrogen-bond acceptors (Lipinski definition) is 4. The number of rotatable bonds is 7. The Morgan fingerprint density at radius 1 is 1.15 bits per heavy atom. The number of amides is 1. The molecule has 0 radical (unpaired) electrons. The molecule has 2 N–H and O–H groups in total. The molecule has 7 heteroatoms. The summed E-state index contributed by atoms with van der Waals surface area (Å²) in [6.07, 6.45) is 1.61. The summed E-state index contributed by atoms with van der Waals surface area (Å²) in [7, 11) is 0. The predicted molar refractivity (Wildman–Crippen MR) is 108 cm³/mol. The number of nitrogens with one attached hydrogen (secondary N) is 2. The lowest BCUT2D eigenvalue weighted by Crippen LogP contribution is -2.44. The molecular formula is C20H31N5O2. The fraction of sp³-hybridized carbons (Fsp3) is 0.600. The minimum Gasteiger partial charge on any atom is -0.379 e. The topological polar surface area (TPSA) is 69.2 Å². The van der Waals surface area contributed by atoms with E-state index in [1.165, 1.54) is 0 Å². The van der Waals surface area contributed by atoms with E-state index in [1.807, 2.05) is 17.0 Å². The Labute approximate surface area is 161 Å². The first kappa shape index (κ1) is 19.6. The molecule has 1 aromatic carbocycles. The maximum atomic E-state index is 11.8. The Bertz CT molecular complexity index is 626. The summed E-state index contributed by atoms with van der Waals surface area (Å²) in [5, 5.41) is 6.70. The lowest BCUT2D eigenvalue weighted by molar-refractivity contribution is -0.117. The van der Waals surface area contributed by atoms with Crippen molar-refractivity contribution in [2.24, 2.45) is 4.99 Å². The maximum Gasteiger partial charge on any atom is 0.227 e. The molecule has 2 heterocycles. The van der Waals surface area contributed by atoms with Crippen LogP contribution in [0.2, 0.25) is 0 Å². The molecule has 1 amide bonds. The zero-order chi connectivity index (χ0) is 18.9. The molecule has 2 aliphatic rings. The molecule has 27 heavy (non-hydrogen) atoms. The van der Waals surface area contributed by atoms with Crippen LogP contribution in [0.15, 0.2) is 29.3 Å². The van der Waals surface area contributed by atoms with Crippen LogP contribution in [0.4, 0.5) is 5.69 Å². The summed E-state index contributed by atoms with van der Waals surface area (Å²) in [6.45, 7) is 9.85. The normalized spacial score (nSPS) is 18.8. The Kier molecular flexibility index (Phi) is 7.47. The van der Waals surface area contributed by atoms with Crippen molar-refractivity contribution in [1.29, 1.82) is 0 Å². The Hall–Kier alpha value is -2.12. The highest BCUT2D eigenvalue weighted by Gasteiger charge is 2.21. The van der Waals surface area contributed by atoms with E-state index < -0.39 is 0 Å². The molecule has 0 aliphatic carbocycles. The highest BCUT2D eigenvalue weighted by molar-refractivity contribution is 5.95. The summed E-state index contributed by atoms with van der Waals surface area (Å²) >= 11 is 0. The van der Waals surface area contributed by atoms with Crippen molar-refractivity contribution in [3.63, 3.8) is 0 Å². The van der Waals surface area contributed by atoms with E-state index in [4.69, 9.17) is 4.74 Å². The van der Waals surface area contributed by atoms with Gasteiger partial charge >= 0.3 is 0 Å². The number of anilines is 1. The van der Waals surface area contributed by atoms with Crippen molar-refractivity contribution in [1.82, 2.24) is 15.5 Å².